The molecule has 3 rings (SSSR count). The number of para-hydroxylation sites is 1. The van der Waals surface area contributed by atoms with E-state index in [0.717, 1.165) is 0 Å². The van der Waals surface area contributed by atoms with Crippen LogP contribution in [0, 0.1) is 0 Å². The highest BCUT2D eigenvalue weighted by molar-refractivity contribution is 6.39. The first-order chi connectivity index (χ1) is 12.0. The van der Waals surface area contributed by atoms with E-state index in [9.17, 15) is 14.7 Å². The predicted molar refractivity (Wildman–Crippen MR) is 96.0 cm³/mol. The van der Waals surface area contributed by atoms with Gasteiger partial charge in [0.1, 0.15) is 0 Å². The van der Waals surface area contributed by atoms with Crippen molar-refractivity contribution in [3.05, 3.63) is 63.8 Å². The number of hydrogen-bond acceptors (Lipinski definition) is 3. The summed E-state index contributed by atoms with van der Waals surface area (Å²) in [6.45, 7) is 0. The second-order valence-electron chi connectivity index (χ2n) is 5.49. The van der Waals surface area contributed by atoms with Gasteiger partial charge < -0.3 is 20.2 Å². The van der Waals surface area contributed by atoms with Gasteiger partial charge in [0, 0.05) is 28.0 Å². The van der Waals surface area contributed by atoms with Gasteiger partial charge in [0.15, 0.2) is 0 Å². The average Bonchev–Trinajstić information content (AvgIpc) is 2.93. The van der Waals surface area contributed by atoms with Crippen LogP contribution in [0.1, 0.15) is 22.5 Å². The number of aromatic nitrogens is 1. The maximum Gasteiger partial charge on any atom is 0.224 e. The van der Waals surface area contributed by atoms with Gasteiger partial charge in [-0.15, -0.1) is 0 Å². The molecule has 3 aromatic rings. The molecule has 25 heavy (non-hydrogen) atoms. The molecule has 0 unspecified atom stereocenters. The lowest BCUT2D eigenvalue weighted by Gasteiger charge is -2.08. The smallest absolute Gasteiger partial charge is 0.224 e. The molecule has 1 aromatic heterocycles. The van der Waals surface area contributed by atoms with Gasteiger partial charge in [0.05, 0.1) is 16.7 Å². The van der Waals surface area contributed by atoms with Crippen LogP contribution in [-0.2, 0) is 11.2 Å². The second-order valence-corrected chi connectivity index (χ2v) is 6.33. The molecule has 1 heterocycles. The van der Waals surface area contributed by atoms with Crippen LogP contribution in [0.4, 0.5) is 5.69 Å². The maximum absolute atomic E-state index is 12.1. The van der Waals surface area contributed by atoms with E-state index < -0.39 is 5.97 Å². The lowest BCUT2D eigenvalue weighted by atomic mass is 10.0. The van der Waals surface area contributed by atoms with Gasteiger partial charge in [0.25, 0.3) is 0 Å². The van der Waals surface area contributed by atoms with E-state index in [2.05, 4.69) is 10.3 Å². The number of carboxylic acids is 1. The van der Waals surface area contributed by atoms with Gasteiger partial charge in [-0.3, -0.25) is 4.79 Å². The van der Waals surface area contributed by atoms with Crippen molar-refractivity contribution in [3.63, 3.8) is 0 Å². The van der Waals surface area contributed by atoms with Crippen LogP contribution >= 0.6 is 23.2 Å². The van der Waals surface area contributed by atoms with Crippen LogP contribution in [0.25, 0.3) is 10.9 Å². The monoisotopic (exact) mass is 375 g/mol. The van der Waals surface area contributed by atoms with E-state index in [1.165, 1.54) is 6.07 Å². The Morgan fingerprint density at radius 1 is 1.12 bits per heavy atom. The summed E-state index contributed by atoms with van der Waals surface area (Å²) >= 11 is 12.2. The lowest BCUT2D eigenvalue weighted by molar-refractivity contribution is -0.255. The normalized spacial score (nSPS) is 10.8. The number of carboxylic acid groups (broad SMARTS) is 1. The van der Waals surface area contributed by atoms with Gasteiger partial charge in [0.2, 0.25) is 5.91 Å². The molecule has 0 saturated heterocycles. The van der Waals surface area contributed by atoms with Gasteiger partial charge in [-0.1, -0.05) is 41.4 Å². The number of anilines is 1. The summed E-state index contributed by atoms with van der Waals surface area (Å²) in [4.78, 5) is 26.3. The number of amides is 1. The molecule has 128 valence electrons. The third-order valence-electron chi connectivity index (χ3n) is 3.78. The van der Waals surface area contributed by atoms with Crippen LogP contribution in [0.5, 0.6) is 0 Å². The zero-order valence-corrected chi connectivity index (χ0v) is 14.4. The van der Waals surface area contributed by atoms with Crippen molar-refractivity contribution in [3.8, 4) is 0 Å². The number of carbonyl (C=O) groups is 2. The number of halogens is 2. The standard InChI is InChI=1S/C18H14Cl2N2O3/c19-10-8-13(20)16-12(17(18(24)25)22-14(16)9-10)6-7-15(23)21-11-4-2-1-3-5-11/h1-5,8-9,22H,6-7H2,(H,21,23)(H,24,25)/p-1. The molecular weight excluding hydrogens is 363 g/mol. The number of aromatic carboxylic acids is 1. The summed E-state index contributed by atoms with van der Waals surface area (Å²) in [5, 5.41) is 15.4. The molecule has 0 atom stereocenters. The van der Waals surface area contributed by atoms with Crippen molar-refractivity contribution >= 4 is 51.7 Å². The SMILES string of the molecule is O=C(CCc1c(C(=O)[O-])[nH]c2cc(Cl)cc(Cl)c12)Nc1ccccc1. The van der Waals surface area contributed by atoms with Crippen LogP contribution in [0.15, 0.2) is 42.5 Å². The minimum Gasteiger partial charge on any atom is -0.543 e. The average molecular weight is 376 g/mol. The Morgan fingerprint density at radius 2 is 1.84 bits per heavy atom. The third kappa shape index (κ3) is 3.78. The van der Waals surface area contributed by atoms with Crippen molar-refractivity contribution in [1.29, 1.82) is 0 Å². The first kappa shape index (κ1) is 17.3. The van der Waals surface area contributed by atoms with E-state index >= 15 is 0 Å². The van der Waals surface area contributed by atoms with Crippen molar-refractivity contribution in [2.24, 2.45) is 0 Å². The van der Waals surface area contributed by atoms with Gasteiger partial charge in [-0.2, -0.15) is 0 Å². The molecule has 0 bridgehead atoms. The molecule has 0 aliphatic rings. The minimum atomic E-state index is -1.36. The van der Waals surface area contributed by atoms with Crippen molar-refractivity contribution in [1.82, 2.24) is 4.98 Å². The largest absolute Gasteiger partial charge is 0.543 e. The highest BCUT2D eigenvalue weighted by atomic mass is 35.5. The fourth-order valence-corrected chi connectivity index (χ4v) is 3.33. The Balaban J connectivity index is 1.86. The summed E-state index contributed by atoms with van der Waals surface area (Å²) in [6, 6.07) is 12.1. The number of rotatable bonds is 5. The number of fused-ring (bicyclic) bond motifs is 1. The van der Waals surface area contributed by atoms with Crippen LogP contribution in [0.3, 0.4) is 0 Å². The highest BCUT2D eigenvalue weighted by Crippen LogP contribution is 2.33. The van der Waals surface area contributed by atoms with E-state index in [1.807, 2.05) is 18.2 Å². The van der Waals surface area contributed by atoms with Crippen molar-refractivity contribution in [2.45, 2.75) is 12.8 Å². The predicted octanol–water partition coefficient (Wildman–Crippen LogP) is 3.41. The molecule has 0 aliphatic heterocycles. The molecule has 2 aromatic carbocycles. The van der Waals surface area contributed by atoms with Crippen LogP contribution < -0.4 is 10.4 Å². The van der Waals surface area contributed by atoms with E-state index in [0.29, 0.717) is 32.2 Å². The van der Waals surface area contributed by atoms with Gasteiger partial charge in [-0.25, -0.2) is 0 Å². The number of carbonyl (C=O) groups excluding carboxylic acids is 2. The molecule has 0 spiro atoms. The van der Waals surface area contributed by atoms with Gasteiger partial charge in [-0.05, 0) is 36.2 Å². The van der Waals surface area contributed by atoms with Gasteiger partial charge >= 0.3 is 0 Å². The van der Waals surface area contributed by atoms with Crippen molar-refractivity contribution in [2.75, 3.05) is 5.32 Å². The number of H-pyrrole nitrogens is 1. The maximum atomic E-state index is 12.1. The molecule has 5 nitrogen and oxygen atoms in total. The summed E-state index contributed by atoms with van der Waals surface area (Å²) in [5.41, 5.74) is 1.51. The van der Waals surface area contributed by atoms with E-state index in [-0.39, 0.29) is 24.4 Å². The zero-order valence-electron chi connectivity index (χ0n) is 12.9. The number of benzene rings is 2. The molecule has 1 amide bonds. The zero-order chi connectivity index (χ0) is 18.0. The van der Waals surface area contributed by atoms with Crippen LogP contribution in [-0.4, -0.2) is 16.9 Å². The summed E-state index contributed by atoms with van der Waals surface area (Å²) in [7, 11) is 0. The molecule has 2 N–H and O–H groups in total. The quantitative estimate of drug-likeness (QED) is 0.716. The number of aryl methyl sites for hydroxylation is 1. The first-order valence-corrected chi connectivity index (χ1v) is 8.27. The molecule has 0 radical (unpaired) electrons. The fraction of sp³-hybridized carbons (Fsp3) is 0.111. The highest BCUT2D eigenvalue weighted by Gasteiger charge is 2.17. The third-order valence-corrected chi connectivity index (χ3v) is 4.30. The number of aromatic amines is 1. The summed E-state index contributed by atoms with van der Waals surface area (Å²) in [5.74, 6) is -1.59. The second kappa shape index (κ2) is 7.17. The number of nitrogens with one attached hydrogen (secondary N) is 2. The van der Waals surface area contributed by atoms with E-state index in [4.69, 9.17) is 23.2 Å². The molecule has 0 saturated carbocycles. The van der Waals surface area contributed by atoms with Crippen LogP contribution in [0.2, 0.25) is 10.0 Å². The Kier molecular flexibility index (Phi) is 4.97. The molecule has 7 heteroatoms. The molecular formula is C18H13Cl2N2O3-. The fourth-order valence-electron chi connectivity index (χ4n) is 2.72. The summed E-state index contributed by atoms with van der Waals surface area (Å²) < 4.78 is 0. The van der Waals surface area contributed by atoms with E-state index in [1.54, 1.807) is 18.2 Å². The first-order valence-electron chi connectivity index (χ1n) is 7.51. The minimum absolute atomic E-state index is 0.0910. The van der Waals surface area contributed by atoms with Crippen molar-refractivity contribution < 1.29 is 14.7 Å². The molecule has 0 fully saturated rings. The Bertz CT molecular complexity index is 952. The Labute approximate surface area is 153 Å². The molecule has 0 aliphatic carbocycles. The number of hydrogen-bond donors (Lipinski definition) is 2. The lowest BCUT2D eigenvalue weighted by Crippen LogP contribution is -2.24. The Morgan fingerprint density at radius 3 is 2.52 bits per heavy atom. The topological polar surface area (TPSA) is 85.0 Å². The Hall–Kier alpha value is -2.50. The summed E-state index contributed by atoms with van der Waals surface area (Å²) in [6.07, 6.45) is 0.296.